The molecule has 2 rings (SSSR count). The third-order valence-corrected chi connectivity index (χ3v) is 2.87. The van der Waals surface area contributed by atoms with E-state index in [2.05, 4.69) is 50.1 Å². The molecule has 0 aromatic heterocycles. The summed E-state index contributed by atoms with van der Waals surface area (Å²) < 4.78 is 2.13. The Kier molecular flexibility index (Phi) is 2.20. The van der Waals surface area contributed by atoms with E-state index in [-0.39, 0.29) is 0 Å². The molecule has 0 fully saturated rings. The number of halogens is 2. The highest BCUT2D eigenvalue weighted by atomic mass is 79.9. The van der Waals surface area contributed by atoms with E-state index in [1.165, 1.54) is 10.8 Å². The quantitative estimate of drug-likeness (QED) is 0.681. The molecule has 0 saturated carbocycles. The molecule has 0 atom stereocenters. The summed E-state index contributed by atoms with van der Waals surface area (Å²) in [4.78, 5) is 0. The predicted octanol–water partition coefficient (Wildman–Crippen LogP) is 4.16. The number of rotatable bonds is 0. The van der Waals surface area contributed by atoms with Crippen molar-refractivity contribution in [1.82, 2.24) is 0 Å². The van der Waals surface area contributed by atoms with Crippen LogP contribution in [0.2, 0.25) is 0 Å². The van der Waals surface area contributed by atoms with Gasteiger partial charge in [-0.25, -0.2) is 0 Å². The maximum Gasteiger partial charge on any atom is 0.0332 e. The summed E-state index contributed by atoms with van der Waals surface area (Å²) >= 11 is 6.88. The maximum atomic E-state index is 3.45. The third-order valence-electron chi connectivity index (χ3n) is 1.72. The van der Waals surface area contributed by atoms with E-state index in [4.69, 9.17) is 0 Å². The van der Waals surface area contributed by atoms with Gasteiger partial charge in [-0.15, -0.1) is 0 Å². The van der Waals surface area contributed by atoms with E-state index >= 15 is 0 Å². The molecule has 1 radical (unpaired) electrons. The third kappa shape index (κ3) is 1.41. The standard InChI is InChI=1S/C10H5Br2/c11-8-4-5-9-7(6-8)2-1-3-10(9)12/h1-2,4-6H. The zero-order valence-corrected chi connectivity index (χ0v) is 9.31. The highest BCUT2D eigenvalue weighted by molar-refractivity contribution is 9.11. The SMILES string of the molecule is Brc1ccc2c(Br)[c]ccc2c1. The van der Waals surface area contributed by atoms with Crippen LogP contribution in [0.3, 0.4) is 0 Å². The van der Waals surface area contributed by atoms with Crippen LogP contribution in [0, 0.1) is 6.07 Å². The van der Waals surface area contributed by atoms with E-state index in [9.17, 15) is 0 Å². The Morgan fingerprint density at radius 2 is 1.92 bits per heavy atom. The molecule has 59 valence electrons. The Balaban J connectivity index is 2.86. The second kappa shape index (κ2) is 3.19. The zero-order chi connectivity index (χ0) is 8.55. The molecule has 0 nitrogen and oxygen atoms in total. The minimum Gasteiger partial charge on any atom is -0.0536 e. The summed E-state index contributed by atoms with van der Waals surface area (Å²) in [5, 5.41) is 2.41. The fourth-order valence-corrected chi connectivity index (χ4v) is 2.03. The lowest BCUT2D eigenvalue weighted by Crippen LogP contribution is -1.73. The van der Waals surface area contributed by atoms with Gasteiger partial charge in [-0.05, 0) is 44.9 Å². The molecular formula is C10H5Br2. The highest BCUT2D eigenvalue weighted by Crippen LogP contribution is 2.25. The van der Waals surface area contributed by atoms with Gasteiger partial charge in [0.2, 0.25) is 0 Å². The van der Waals surface area contributed by atoms with E-state index < -0.39 is 0 Å². The molecule has 0 aliphatic heterocycles. The Morgan fingerprint density at radius 3 is 2.75 bits per heavy atom. The normalized spacial score (nSPS) is 10.5. The van der Waals surface area contributed by atoms with E-state index in [1.807, 2.05) is 18.2 Å². The van der Waals surface area contributed by atoms with Gasteiger partial charge in [0.05, 0.1) is 0 Å². The Hall–Kier alpha value is -0.340. The summed E-state index contributed by atoms with van der Waals surface area (Å²) in [6, 6.07) is 13.2. The molecule has 12 heavy (non-hydrogen) atoms. The molecule has 0 bridgehead atoms. The lowest BCUT2D eigenvalue weighted by atomic mass is 10.1. The van der Waals surface area contributed by atoms with E-state index in [0.717, 1.165) is 8.95 Å². The van der Waals surface area contributed by atoms with Crippen molar-refractivity contribution in [2.24, 2.45) is 0 Å². The largest absolute Gasteiger partial charge is 0.0536 e. The second-order valence-corrected chi connectivity index (χ2v) is 4.23. The summed E-state index contributed by atoms with van der Waals surface area (Å²) in [5.41, 5.74) is 0. The highest BCUT2D eigenvalue weighted by Gasteiger charge is 1.97. The molecule has 0 aliphatic carbocycles. The van der Waals surface area contributed by atoms with E-state index in [1.54, 1.807) is 0 Å². The molecule has 0 saturated heterocycles. The molecule has 0 amide bonds. The van der Waals surface area contributed by atoms with Gasteiger partial charge < -0.3 is 0 Å². The summed E-state index contributed by atoms with van der Waals surface area (Å²) in [5.74, 6) is 0. The van der Waals surface area contributed by atoms with Crippen molar-refractivity contribution in [3.8, 4) is 0 Å². The smallest absolute Gasteiger partial charge is 0.0332 e. The van der Waals surface area contributed by atoms with Gasteiger partial charge in [0.15, 0.2) is 0 Å². The van der Waals surface area contributed by atoms with Crippen LogP contribution >= 0.6 is 31.9 Å². The van der Waals surface area contributed by atoms with Gasteiger partial charge in [0.25, 0.3) is 0 Å². The van der Waals surface area contributed by atoms with Gasteiger partial charge in [-0.1, -0.05) is 34.1 Å². The first-order chi connectivity index (χ1) is 5.77. The van der Waals surface area contributed by atoms with Crippen molar-refractivity contribution in [2.75, 3.05) is 0 Å². The number of benzene rings is 2. The first-order valence-corrected chi connectivity index (χ1v) is 5.11. The minimum atomic E-state index is 1.02. The number of hydrogen-bond donors (Lipinski definition) is 0. The van der Waals surface area contributed by atoms with Gasteiger partial charge in [-0.3, -0.25) is 0 Å². The molecular weight excluding hydrogens is 280 g/mol. The minimum absolute atomic E-state index is 1.02. The molecule has 0 aliphatic rings. The predicted molar refractivity (Wildman–Crippen MR) is 58.2 cm³/mol. The van der Waals surface area contributed by atoms with Crippen LogP contribution in [-0.4, -0.2) is 0 Å². The van der Waals surface area contributed by atoms with Crippen LogP contribution in [-0.2, 0) is 0 Å². The molecule has 0 spiro atoms. The van der Waals surface area contributed by atoms with Crippen LogP contribution in [0.4, 0.5) is 0 Å². The molecule has 0 N–H and O–H groups in total. The van der Waals surface area contributed by atoms with Crippen LogP contribution in [0.15, 0.2) is 39.3 Å². The first kappa shape index (κ1) is 8.27. The van der Waals surface area contributed by atoms with Gasteiger partial charge >= 0.3 is 0 Å². The summed E-state index contributed by atoms with van der Waals surface area (Å²) in [7, 11) is 0. The lowest BCUT2D eigenvalue weighted by Gasteiger charge is -1.99. The molecule has 2 aromatic carbocycles. The fourth-order valence-electron chi connectivity index (χ4n) is 1.15. The fraction of sp³-hybridized carbons (Fsp3) is 0. The molecule has 0 heterocycles. The average molecular weight is 285 g/mol. The monoisotopic (exact) mass is 283 g/mol. The van der Waals surface area contributed by atoms with Crippen LogP contribution in [0.1, 0.15) is 0 Å². The van der Waals surface area contributed by atoms with Crippen molar-refractivity contribution >= 4 is 42.6 Å². The van der Waals surface area contributed by atoms with Crippen molar-refractivity contribution < 1.29 is 0 Å². The maximum absolute atomic E-state index is 3.45. The van der Waals surface area contributed by atoms with Crippen LogP contribution in [0.5, 0.6) is 0 Å². The molecule has 2 heteroatoms. The number of fused-ring (bicyclic) bond motifs is 1. The Labute approximate surface area is 87.8 Å². The molecule has 2 aromatic rings. The Bertz CT molecular complexity index is 421. The summed E-state index contributed by atoms with van der Waals surface area (Å²) in [6.45, 7) is 0. The zero-order valence-electron chi connectivity index (χ0n) is 6.14. The van der Waals surface area contributed by atoms with Crippen molar-refractivity contribution in [1.29, 1.82) is 0 Å². The second-order valence-electron chi connectivity index (χ2n) is 2.52. The number of hydrogen-bond acceptors (Lipinski definition) is 0. The van der Waals surface area contributed by atoms with Crippen LogP contribution in [0.25, 0.3) is 10.8 Å². The average Bonchev–Trinajstić information content (AvgIpc) is 2.04. The Morgan fingerprint density at radius 1 is 1.08 bits per heavy atom. The summed E-state index contributed by atoms with van der Waals surface area (Å²) in [6.07, 6.45) is 0. The van der Waals surface area contributed by atoms with Gasteiger partial charge in [0, 0.05) is 8.95 Å². The first-order valence-electron chi connectivity index (χ1n) is 3.53. The lowest BCUT2D eigenvalue weighted by molar-refractivity contribution is 1.66. The van der Waals surface area contributed by atoms with Gasteiger partial charge in [-0.2, -0.15) is 0 Å². The van der Waals surface area contributed by atoms with Gasteiger partial charge in [0.1, 0.15) is 0 Å². The van der Waals surface area contributed by atoms with E-state index in [0.29, 0.717) is 0 Å². The molecule has 0 unspecified atom stereocenters. The van der Waals surface area contributed by atoms with Crippen molar-refractivity contribution in [3.63, 3.8) is 0 Å². The topological polar surface area (TPSA) is 0 Å². The van der Waals surface area contributed by atoms with Crippen molar-refractivity contribution in [3.05, 3.63) is 45.3 Å². The van der Waals surface area contributed by atoms with Crippen LogP contribution < -0.4 is 0 Å². The van der Waals surface area contributed by atoms with Crippen molar-refractivity contribution in [2.45, 2.75) is 0 Å².